The molecule has 0 aliphatic rings. The zero-order valence-corrected chi connectivity index (χ0v) is 12.6. The van der Waals surface area contributed by atoms with Gasteiger partial charge in [-0.15, -0.1) is 0 Å². The fourth-order valence-electron chi connectivity index (χ4n) is 1.56. The van der Waals surface area contributed by atoms with Gasteiger partial charge in [0.15, 0.2) is 0 Å². The van der Waals surface area contributed by atoms with Crippen molar-refractivity contribution in [3.63, 3.8) is 0 Å². The molecule has 2 heteroatoms. The molecule has 0 N–H and O–H groups in total. The van der Waals surface area contributed by atoms with E-state index < -0.39 is 0 Å². The maximum absolute atomic E-state index is 6.34. The molecule has 0 saturated heterocycles. The van der Waals surface area contributed by atoms with Gasteiger partial charge < -0.3 is 0 Å². The molecule has 0 saturated carbocycles. The van der Waals surface area contributed by atoms with E-state index >= 15 is 0 Å². The minimum Gasteiger partial charge on any atom is -0.0829 e. The van der Waals surface area contributed by atoms with Crippen LogP contribution in [0.3, 0.4) is 0 Å². The van der Waals surface area contributed by atoms with E-state index in [1.807, 2.05) is 18.2 Å². The van der Waals surface area contributed by atoms with Crippen molar-refractivity contribution in [1.29, 1.82) is 0 Å². The zero-order chi connectivity index (χ0) is 11.8. The minimum absolute atomic E-state index is 0.915. The van der Waals surface area contributed by atoms with Crippen LogP contribution in [0, 0.1) is 0 Å². The summed E-state index contributed by atoms with van der Waals surface area (Å²) in [5.74, 6) is 0. The number of allylic oxidation sites excluding steroid dienone is 1. The molecule has 0 aromatic heterocycles. The molecule has 1 rings (SSSR count). The Hall–Kier alpha value is -0.0200. The SMILES string of the molecule is CCCCCC/C(I)=C(\Cl)c1ccccc1. The molecule has 1 aromatic carbocycles. The molecule has 0 amide bonds. The first-order valence-corrected chi connectivity index (χ1v) is 7.31. The number of rotatable bonds is 6. The summed E-state index contributed by atoms with van der Waals surface area (Å²) in [5.41, 5.74) is 1.13. The first kappa shape index (κ1) is 14.0. The van der Waals surface area contributed by atoms with Crippen molar-refractivity contribution in [2.24, 2.45) is 0 Å². The van der Waals surface area contributed by atoms with Gasteiger partial charge in [-0.25, -0.2) is 0 Å². The van der Waals surface area contributed by atoms with E-state index in [9.17, 15) is 0 Å². The molecular weight excluding hydrogens is 331 g/mol. The number of hydrogen-bond donors (Lipinski definition) is 0. The van der Waals surface area contributed by atoms with Crippen molar-refractivity contribution >= 4 is 39.2 Å². The van der Waals surface area contributed by atoms with E-state index in [4.69, 9.17) is 11.6 Å². The Balaban J connectivity index is 2.52. The van der Waals surface area contributed by atoms with Crippen LogP contribution in [0.4, 0.5) is 0 Å². The van der Waals surface area contributed by atoms with Gasteiger partial charge in [-0.1, -0.05) is 68.1 Å². The number of halogens is 2. The standard InChI is InChI=1S/C14H18ClI/c1-2-3-4-8-11-13(16)14(15)12-9-6-5-7-10-12/h5-7,9-10H,2-4,8,11H2,1H3/b14-13+. The predicted molar refractivity (Wildman–Crippen MR) is 82.0 cm³/mol. The van der Waals surface area contributed by atoms with E-state index in [2.05, 4.69) is 41.6 Å². The van der Waals surface area contributed by atoms with Crippen molar-refractivity contribution < 1.29 is 0 Å². The third-order valence-electron chi connectivity index (χ3n) is 2.52. The summed E-state index contributed by atoms with van der Waals surface area (Å²) in [5, 5.41) is 0.915. The number of benzene rings is 1. The van der Waals surface area contributed by atoms with E-state index in [0.717, 1.165) is 17.0 Å². The lowest BCUT2D eigenvalue weighted by Crippen LogP contribution is -1.82. The Morgan fingerprint density at radius 2 is 1.81 bits per heavy atom. The van der Waals surface area contributed by atoms with Crippen LogP contribution in [-0.4, -0.2) is 0 Å². The largest absolute Gasteiger partial charge is 0.0829 e. The molecule has 0 fully saturated rings. The highest BCUT2D eigenvalue weighted by atomic mass is 127. The van der Waals surface area contributed by atoms with Gasteiger partial charge in [0.1, 0.15) is 0 Å². The monoisotopic (exact) mass is 348 g/mol. The van der Waals surface area contributed by atoms with Crippen molar-refractivity contribution in [3.05, 3.63) is 39.5 Å². The second-order valence-electron chi connectivity index (χ2n) is 3.90. The summed E-state index contributed by atoms with van der Waals surface area (Å²) in [6.45, 7) is 2.23. The Morgan fingerprint density at radius 3 is 2.44 bits per heavy atom. The lowest BCUT2D eigenvalue weighted by atomic mass is 10.1. The third kappa shape index (κ3) is 4.88. The van der Waals surface area contributed by atoms with Crippen LogP contribution < -0.4 is 0 Å². The lowest BCUT2D eigenvalue weighted by molar-refractivity contribution is 0.674. The molecule has 0 unspecified atom stereocenters. The highest BCUT2D eigenvalue weighted by Crippen LogP contribution is 2.30. The number of hydrogen-bond acceptors (Lipinski definition) is 0. The van der Waals surface area contributed by atoms with Gasteiger partial charge in [0.25, 0.3) is 0 Å². The molecule has 0 radical (unpaired) electrons. The maximum atomic E-state index is 6.34. The molecular formula is C14H18ClI. The molecule has 88 valence electrons. The molecule has 16 heavy (non-hydrogen) atoms. The highest BCUT2D eigenvalue weighted by Gasteiger charge is 2.03. The highest BCUT2D eigenvalue weighted by molar-refractivity contribution is 14.1. The van der Waals surface area contributed by atoms with Crippen molar-refractivity contribution in [2.45, 2.75) is 39.0 Å². The van der Waals surface area contributed by atoms with Crippen LogP contribution in [0.15, 0.2) is 33.9 Å². The molecule has 1 aromatic rings. The van der Waals surface area contributed by atoms with E-state index in [-0.39, 0.29) is 0 Å². The first-order chi connectivity index (χ1) is 7.75. The second kappa shape index (κ2) is 8.13. The number of unbranched alkanes of at least 4 members (excludes halogenated alkanes) is 3. The van der Waals surface area contributed by atoms with Crippen molar-refractivity contribution in [1.82, 2.24) is 0 Å². The molecule has 0 atom stereocenters. The maximum Gasteiger partial charge on any atom is 0.0570 e. The second-order valence-corrected chi connectivity index (χ2v) is 5.58. The Bertz CT molecular complexity index is 330. The fraction of sp³-hybridized carbons (Fsp3) is 0.429. The zero-order valence-electron chi connectivity index (χ0n) is 9.68. The fourth-order valence-corrected chi connectivity index (χ4v) is 2.47. The Morgan fingerprint density at radius 1 is 1.12 bits per heavy atom. The van der Waals surface area contributed by atoms with Gasteiger partial charge in [0.05, 0.1) is 5.03 Å². The average Bonchev–Trinajstić information content (AvgIpc) is 2.34. The van der Waals surface area contributed by atoms with Gasteiger partial charge in [-0.3, -0.25) is 0 Å². The van der Waals surface area contributed by atoms with Crippen LogP contribution >= 0.6 is 34.2 Å². The smallest absolute Gasteiger partial charge is 0.0570 e. The van der Waals surface area contributed by atoms with Gasteiger partial charge in [0.2, 0.25) is 0 Å². The summed E-state index contributed by atoms with van der Waals surface area (Å²) in [6, 6.07) is 10.2. The van der Waals surface area contributed by atoms with Crippen LogP contribution in [0.1, 0.15) is 44.6 Å². The Kier molecular flexibility index (Phi) is 7.13. The van der Waals surface area contributed by atoms with Crippen molar-refractivity contribution in [3.8, 4) is 0 Å². The van der Waals surface area contributed by atoms with Crippen LogP contribution in [0.2, 0.25) is 0 Å². The molecule has 0 aliphatic carbocycles. The van der Waals surface area contributed by atoms with Gasteiger partial charge in [0, 0.05) is 3.58 Å². The predicted octanol–water partition coefficient (Wildman–Crippen LogP) is 6.00. The normalized spacial score (nSPS) is 12.4. The summed E-state index contributed by atoms with van der Waals surface area (Å²) in [4.78, 5) is 0. The van der Waals surface area contributed by atoms with Crippen molar-refractivity contribution in [2.75, 3.05) is 0 Å². The topological polar surface area (TPSA) is 0 Å². The average molecular weight is 349 g/mol. The van der Waals surface area contributed by atoms with Crippen LogP contribution in [0.5, 0.6) is 0 Å². The molecule has 0 nitrogen and oxygen atoms in total. The van der Waals surface area contributed by atoms with Crippen LogP contribution in [0.25, 0.3) is 5.03 Å². The quantitative estimate of drug-likeness (QED) is 0.437. The van der Waals surface area contributed by atoms with E-state index in [0.29, 0.717) is 0 Å². The molecule has 0 heterocycles. The lowest BCUT2D eigenvalue weighted by Gasteiger charge is -2.04. The molecule has 0 bridgehead atoms. The van der Waals surface area contributed by atoms with Crippen LogP contribution in [-0.2, 0) is 0 Å². The van der Waals surface area contributed by atoms with Gasteiger partial charge in [-0.05, 0) is 41.0 Å². The minimum atomic E-state index is 0.915. The third-order valence-corrected chi connectivity index (χ3v) is 4.36. The Labute approximate surface area is 117 Å². The summed E-state index contributed by atoms with van der Waals surface area (Å²) in [6.07, 6.45) is 6.27. The summed E-state index contributed by atoms with van der Waals surface area (Å²) >= 11 is 8.71. The van der Waals surface area contributed by atoms with Gasteiger partial charge >= 0.3 is 0 Å². The summed E-state index contributed by atoms with van der Waals surface area (Å²) < 4.78 is 1.28. The van der Waals surface area contributed by atoms with Gasteiger partial charge in [-0.2, -0.15) is 0 Å². The molecule has 0 aliphatic heterocycles. The van der Waals surface area contributed by atoms with E-state index in [1.165, 1.54) is 29.3 Å². The van der Waals surface area contributed by atoms with E-state index in [1.54, 1.807) is 0 Å². The molecule has 0 spiro atoms. The first-order valence-electron chi connectivity index (χ1n) is 5.85. The summed E-state index contributed by atoms with van der Waals surface area (Å²) in [7, 11) is 0.